The van der Waals surface area contributed by atoms with E-state index in [4.69, 9.17) is 28.3 Å². The van der Waals surface area contributed by atoms with E-state index >= 15 is 4.39 Å². The highest BCUT2D eigenvalue weighted by atomic mass is 35.5. The summed E-state index contributed by atoms with van der Waals surface area (Å²) in [5, 5.41) is 8.02. The number of halogens is 4. The Morgan fingerprint density at radius 1 is 0.864 bits per heavy atom. The van der Waals surface area contributed by atoms with Crippen molar-refractivity contribution in [3.8, 4) is 5.82 Å². The molecule has 224 valence electrons. The molecule has 0 aliphatic rings. The second-order valence-corrected chi connectivity index (χ2v) is 13.2. The normalized spacial score (nSPS) is 12.1. The molecule has 0 atom stereocenters. The number of fused-ring (bicyclic) bond motifs is 2. The molecule has 0 radical (unpaired) electrons. The van der Waals surface area contributed by atoms with Crippen LogP contribution in [0.25, 0.3) is 27.8 Å². The molecule has 17 heteroatoms. The van der Waals surface area contributed by atoms with Crippen LogP contribution in [0.15, 0.2) is 89.0 Å². The summed E-state index contributed by atoms with van der Waals surface area (Å²) in [4.78, 5) is 12.2. The molecule has 0 saturated carbocycles. The van der Waals surface area contributed by atoms with Crippen LogP contribution in [0.1, 0.15) is 0 Å². The Bertz CT molecular complexity index is 2350. The fourth-order valence-electron chi connectivity index (χ4n) is 4.48. The van der Waals surface area contributed by atoms with Gasteiger partial charge < -0.3 is 5.32 Å². The molecule has 0 unspecified atom stereocenters. The van der Waals surface area contributed by atoms with Crippen LogP contribution in [-0.2, 0) is 20.0 Å². The molecule has 0 amide bonds. The Kier molecular flexibility index (Phi) is 7.37. The summed E-state index contributed by atoms with van der Waals surface area (Å²) in [7, 11) is -8.53. The lowest BCUT2D eigenvalue weighted by Gasteiger charge is -2.15. The minimum atomic E-state index is -4.44. The third kappa shape index (κ3) is 5.28. The predicted molar refractivity (Wildman–Crippen MR) is 162 cm³/mol. The van der Waals surface area contributed by atoms with E-state index in [2.05, 4.69) is 25.0 Å². The van der Waals surface area contributed by atoms with Gasteiger partial charge in [0.1, 0.15) is 39.0 Å². The largest absolute Gasteiger partial charge is 0.333 e. The molecule has 3 aromatic carbocycles. The number of sulfonamides is 2. The summed E-state index contributed by atoms with van der Waals surface area (Å²) >= 11 is 12.0. The minimum absolute atomic E-state index is 0.0345. The topological polar surface area (TPSA) is 162 Å². The first-order valence-corrected chi connectivity index (χ1v) is 16.1. The van der Waals surface area contributed by atoms with Gasteiger partial charge in [-0.25, -0.2) is 45.7 Å². The second-order valence-electron chi connectivity index (χ2n) is 9.25. The lowest BCUT2D eigenvalue weighted by Crippen LogP contribution is -2.15. The molecule has 3 aromatic heterocycles. The van der Waals surface area contributed by atoms with Crippen molar-refractivity contribution in [2.75, 3.05) is 10.0 Å². The number of aromatic nitrogens is 4. The highest BCUT2D eigenvalue weighted by Gasteiger charge is 2.24. The number of hydrogen-bond acceptors (Lipinski definition) is 8. The molecular formula is C27H17Cl2F2N7O4S2. The Labute approximate surface area is 258 Å². The fraction of sp³-hybridized carbons (Fsp3) is 0. The first-order chi connectivity index (χ1) is 20.8. The van der Waals surface area contributed by atoms with Gasteiger partial charge in [0.25, 0.3) is 10.0 Å². The molecule has 0 aliphatic heterocycles. The molecule has 0 spiro atoms. The quantitative estimate of drug-likeness (QED) is 0.193. The number of anilines is 3. The SMILES string of the molecule is NS(=O)(=O)c1cn(-c2ccc3ncnc(Nc4c(F)ccc(NS(=O)(=O)c5cccc(Cl)c5Cl)c4F)c3n2)c2ccccc12. The summed E-state index contributed by atoms with van der Waals surface area (Å²) in [5.74, 6) is -2.26. The first-order valence-electron chi connectivity index (χ1n) is 12.3. The van der Waals surface area contributed by atoms with Gasteiger partial charge in [-0.3, -0.25) is 9.29 Å². The van der Waals surface area contributed by atoms with E-state index in [1.54, 1.807) is 36.4 Å². The van der Waals surface area contributed by atoms with E-state index in [0.717, 1.165) is 18.5 Å². The summed E-state index contributed by atoms with van der Waals surface area (Å²) in [6, 6.07) is 15.4. The van der Waals surface area contributed by atoms with Gasteiger partial charge in [-0.05, 0) is 42.5 Å². The lowest BCUT2D eigenvalue weighted by molar-refractivity contribution is 0.588. The summed E-state index contributed by atoms with van der Waals surface area (Å²) in [5.41, 5.74) is -0.506. The molecule has 11 nitrogen and oxygen atoms in total. The standard InChI is InChI=1S/C27H17Cl2F2N7O4S2/c28-15-5-3-7-20(23(15)29)44(41,42)37-17-9-8-16(30)25(24(17)31)36-27-26-18(33-13-34-27)10-11-22(35-26)38-12-21(43(32,39)40)14-4-1-2-6-19(14)38/h1-13,37H,(H2,32,39,40)(H,33,34,36). The van der Waals surface area contributed by atoms with Gasteiger partial charge in [-0.1, -0.05) is 47.5 Å². The minimum Gasteiger partial charge on any atom is -0.333 e. The van der Waals surface area contributed by atoms with Crippen LogP contribution in [0.3, 0.4) is 0 Å². The number of hydrogen-bond donors (Lipinski definition) is 3. The zero-order chi connectivity index (χ0) is 31.4. The van der Waals surface area contributed by atoms with Crippen molar-refractivity contribution in [2.24, 2.45) is 5.14 Å². The Balaban J connectivity index is 1.42. The van der Waals surface area contributed by atoms with Gasteiger partial charge in [0.15, 0.2) is 11.6 Å². The third-order valence-corrected chi connectivity index (χ3v) is 9.76. The van der Waals surface area contributed by atoms with E-state index in [-0.39, 0.29) is 37.6 Å². The van der Waals surface area contributed by atoms with Crippen LogP contribution in [0.4, 0.5) is 26.0 Å². The maximum Gasteiger partial charge on any atom is 0.263 e. The smallest absolute Gasteiger partial charge is 0.263 e. The van der Waals surface area contributed by atoms with E-state index in [1.807, 2.05) is 0 Å². The van der Waals surface area contributed by atoms with Crippen LogP contribution in [0.5, 0.6) is 0 Å². The molecule has 6 rings (SSSR count). The van der Waals surface area contributed by atoms with Crippen molar-refractivity contribution >= 4 is 82.4 Å². The zero-order valence-electron chi connectivity index (χ0n) is 21.8. The Morgan fingerprint density at radius 2 is 1.64 bits per heavy atom. The van der Waals surface area contributed by atoms with E-state index < -0.39 is 48.0 Å². The average Bonchev–Trinajstić information content (AvgIpc) is 3.38. The molecule has 3 heterocycles. The summed E-state index contributed by atoms with van der Waals surface area (Å²) in [6.45, 7) is 0. The van der Waals surface area contributed by atoms with E-state index in [1.165, 1.54) is 29.0 Å². The zero-order valence-corrected chi connectivity index (χ0v) is 25.0. The van der Waals surface area contributed by atoms with Gasteiger partial charge in [0, 0.05) is 11.6 Å². The highest BCUT2D eigenvalue weighted by Crippen LogP contribution is 2.34. The third-order valence-electron chi connectivity index (χ3n) is 6.48. The summed E-state index contributed by atoms with van der Waals surface area (Å²) in [6.07, 6.45) is 2.45. The summed E-state index contributed by atoms with van der Waals surface area (Å²) < 4.78 is 84.6. The monoisotopic (exact) mass is 675 g/mol. The number of primary sulfonamides is 1. The van der Waals surface area contributed by atoms with Crippen molar-refractivity contribution < 1.29 is 25.6 Å². The van der Waals surface area contributed by atoms with Gasteiger partial charge in [0.05, 0.1) is 26.8 Å². The van der Waals surface area contributed by atoms with Crippen molar-refractivity contribution in [3.63, 3.8) is 0 Å². The maximum atomic E-state index is 15.7. The van der Waals surface area contributed by atoms with Crippen LogP contribution in [0, 0.1) is 11.6 Å². The van der Waals surface area contributed by atoms with Gasteiger partial charge in [0.2, 0.25) is 10.0 Å². The van der Waals surface area contributed by atoms with Crippen molar-refractivity contribution in [1.29, 1.82) is 0 Å². The number of pyridine rings is 1. The van der Waals surface area contributed by atoms with Crippen molar-refractivity contribution in [1.82, 2.24) is 19.5 Å². The fourth-order valence-corrected chi connectivity index (χ4v) is 7.03. The second kappa shape index (κ2) is 10.9. The first kappa shape index (κ1) is 29.7. The Morgan fingerprint density at radius 3 is 2.41 bits per heavy atom. The van der Waals surface area contributed by atoms with Crippen molar-refractivity contribution in [2.45, 2.75) is 9.79 Å². The van der Waals surface area contributed by atoms with Gasteiger partial charge >= 0.3 is 0 Å². The number of nitrogens with one attached hydrogen (secondary N) is 2. The molecule has 0 bridgehead atoms. The maximum absolute atomic E-state index is 15.7. The molecule has 0 aliphatic carbocycles. The molecule has 44 heavy (non-hydrogen) atoms. The highest BCUT2D eigenvalue weighted by molar-refractivity contribution is 7.92. The average molecular weight is 677 g/mol. The Hall–Kier alpha value is -4.41. The van der Waals surface area contributed by atoms with Gasteiger partial charge in [-0.2, -0.15) is 0 Å². The number of nitrogens with zero attached hydrogens (tertiary/aromatic N) is 4. The number of rotatable bonds is 7. The molecule has 4 N–H and O–H groups in total. The number of benzene rings is 3. The number of para-hydroxylation sites is 1. The molecule has 0 fully saturated rings. The number of nitrogens with two attached hydrogens (primary N) is 1. The van der Waals surface area contributed by atoms with Crippen molar-refractivity contribution in [3.05, 3.63) is 101 Å². The van der Waals surface area contributed by atoms with Crippen LogP contribution < -0.4 is 15.2 Å². The molecular weight excluding hydrogens is 659 g/mol. The predicted octanol–water partition coefficient (Wildman–Crippen LogP) is 5.75. The van der Waals surface area contributed by atoms with E-state index in [9.17, 15) is 21.2 Å². The van der Waals surface area contributed by atoms with Crippen LogP contribution in [0.2, 0.25) is 10.0 Å². The molecule has 6 aromatic rings. The van der Waals surface area contributed by atoms with Gasteiger partial charge in [-0.15, -0.1) is 0 Å². The lowest BCUT2D eigenvalue weighted by atomic mass is 10.2. The van der Waals surface area contributed by atoms with Crippen LogP contribution in [-0.4, -0.2) is 36.4 Å². The van der Waals surface area contributed by atoms with Crippen LogP contribution >= 0.6 is 23.2 Å². The van der Waals surface area contributed by atoms with E-state index in [0.29, 0.717) is 10.9 Å². The molecule has 0 saturated heterocycles.